The van der Waals surface area contributed by atoms with E-state index in [-0.39, 0.29) is 34.8 Å². The van der Waals surface area contributed by atoms with Crippen molar-refractivity contribution in [2.45, 2.75) is 119 Å². The average Bonchev–Trinajstić information content (AvgIpc) is 3.11. The summed E-state index contributed by atoms with van der Waals surface area (Å²) in [5, 5.41) is 0. The molecule has 4 heteroatoms. The van der Waals surface area contributed by atoms with Crippen molar-refractivity contribution in [3.63, 3.8) is 0 Å². The molecule has 37 heavy (non-hydrogen) atoms. The third-order valence-electron chi connectivity index (χ3n) is 12.7. The second-order valence-corrected chi connectivity index (χ2v) is 14.3. The Labute approximate surface area is 226 Å². The summed E-state index contributed by atoms with van der Waals surface area (Å²) in [5.74, 6) is 1.66. The van der Waals surface area contributed by atoms with Crippen LogP contribution >= 0.6 is 0 Å². The van der Waals surface area contributed by atoms with Gasteiger partial charge in [-0.15, -0.1) is 0 Å². The van der Waals surface area contributed by atoms with Gasteiger partial charge in [0.1, 0.15) is 6.10 Å². The molecule has 4 aliphatic rings. The van der Waals surface area contributed by atoms with Gasteiger partial charge < -0.3 is 9.47 Å². The lowest BCUT2D eigenvalue weighted by atomic mass is 9.42. The molecule has 0 radical (unpaired) electrons. The summed E-state index contributed by atoms with van der Waals surface area (Å²) < 4.78 is 10.6. The van der Waals surface area contributed by atoms with Crippen molar-refractivity contribution >= 4 is 11.9 Å². The fourth-order valence-corrected chi connectivity index (χ4v) is 9.96. The van der Waals surface area contributed by atoms with Crippen LogP contribution in [0.15, 0.2) is 23.3 Å². The first-order valence-corrected chi connectivity index (χ1v) is 14.9. The van der Waals surface area contributed by atoms with Crippen LogP contribution in [0.3, 0.4) is 0 Å². The lowest BCUT2D eigenvalue weighted by Gasteiger charge is -2.62. The maximum atomic E-state index is 12.0. The van der Waals surface area contributed by atoms with Gasteiger partial charge in [0, 0.05) is 19.4 Å². The van der Waals surface area contributed by atoms with Crippen LogP contribution in [-0.4, -0.2) is 25.2 Å². The first-order chi connectivity index (χ1) is 17.2. The number of fused-ring (bicyclic) bond motifs is 4. The average molecular weight is 513 g/mol. The van der Waals surface area contributed by atoms with Crippen LogP contribution in [0.1, 0.15) is 113 Å². The normalized spacial score (nSPS) is 40.4. The highest BCUT2D eigenvalue weighted by Crippen LogP contribution is 2.72. The molecular weight excluding hydrogens is 460 g/mol. The van der Waals surface area contributed by atoms with Gasteiger partial charge in [0.25, 0.3) is 0 Å². The molecule has 0 amide bonds. The monoisotopic (exact) mass is 512 g/mol. The predicted octanol–water partition coefficient (Wildman–Crippen LogP) is 8.06. The van der Waals surface area contributed by atoms with Crippen molar-refractivity contribution < 1.29 is 19.1 Å². The number of hydrogen-bond acceptors (Lipinski definition) is 4. The lowest BCUT2D eigenvalue weighted by Crippen LogP contribution is -2.53. The molecular formula is C33H52O4. The Morgan fingerprint density at radius 2 is 1.70 bits per heavy atom. The highest BCUT2D eigenvalue weighted by Gasteiger charge is 2.63. The molecule has 0 heterocycles. The van der Waals surface area contributed by atoms with E-state index < -0.39 is 0 Å². The smallest absolute Gasteiger partial charge is 0.330 e. The van der Waals surface area contributed by atoms with Crippen LogP contribution < -0.4 is 0 Å². The summed E-state index contributed by atoms with van der Waals surface area (Å²) in [7, 11) is 1.38. The molecule has 0 aromatic carbocycles. The molecule has 0 N–H and O–H groups in total. The zero-order valence-corrected chi connectivity index (χ0v) is 25.0. The summed E-state index contributed by atoms with van der Waals surface area (Å²) in [4.78, 5) is 23.7. The highest BCUT2D eigenvalue weighted by molar-refractivity contribution is 5.81. The van der Waals surface area contributed by atoms with Crippen LogP contribution in [0.2, 0.25) is 0 Å². The first kappa shape index (κ1) is 28.4. The Morgan fingerprint density at radius 3 is 2.35 bits per heavy atom. The minimum absolute atomic E-state index is 0.191. The van der Waals surface area contributed by atoms with Crippen LogP contribution in [0.5, 0.6) is 0 Å². The van der Waals surface area contributed by atoms with Gasteiger partial charge in [0.15, 0.2) is 0 Å². The van der Waals surface area contributed by atoms with Gasteiger partial charge in [-0.3, -0.25) is 4.79 Å². The SMILES string of the molecule is COC(=O)/C=C/CC(OC(C)=O)[C@@H](C)[C@H]1CC[C@@]2(C)C3=C(CC[C@]12C)[C@@]1(C)CC[C@H](C)C(C)(C)C1CC3. The van der Waals surface area contributed by atoms with Crippen molar-refractivity contribution in [2.24, 2.45) is 45.3 Å². The molecule has 2 saturated carbocycles. The number of methoxy groups -OCH3 is 1. The Morgan fingerprint density at radius 1 is 1.00 bits per heavy atom. The standard InChI is InChI=1S/C33H52O4/c1-21-15-18-31(6)25-17-20-32(7)24(22(2)27(37-23(3)34)11-10-12-29(35)36-9)16-19-33(32,8)26(25)13-14-28(31)30(21,4)5/h10,12,21-22,24,27-28H,11,13-20H2,1-9H3/b12-10+/t21-,22-,24+,27?,28?,31+,32+,33-/m0/s1. The van der Waals surface area contributed by atoms with E-state index in [1.54, 1.807) is 5.57 Å². The van der Waals surface area contributed by atoms with E-state index in [1.165, 1.54) is 71.5 Å². The molecule has 0 saturated heterocycles. The second-order valence-electron chi connectivity index (χ2n) is 14.3. The van der Waals surface area contributed by atoms with E-state index in [4.69, 9.17) is 9.47 Å². The van der Waals surface area contributed by atoms with E-state index in [0.717, 1.165) is 11.8 Å². The number of allylic oxidation sites excluding steroid dienone is 2. The van der Waals surface area contributed by atoms with E-state index in [2.05, 4.69) is 48.5 Å². The molecule has 0 aromatic rings. The Balaban J connectivity index is 1.64. The summed E-state index contributed by atoms with van der Waals surface area (Å²) in [6.07, 6.45) is 13.7. The van der Waals surface area contributed by atoms with Gasteiger partial charge in [-0.05, 0) is 96.7 Å². The van der Waals surface area contributed by atoms with E-state index in [1.807, 2.05) is 11.6 Å². The number of rotatable bonds is 6. The van der Waals surface area contributed by atoms with Crippen molar-refractivity contribution in [3.8, 4) is 0 Å². The summed E-state index contributed by atoms with van der Waals surface area (Å²) in [6, 6.07) is 0. The van der Waals surface area contributed by atoms with Crippen LogP contribution in [0.4, 0.5) is 0 Å². The molecule has 2 unspecified atom stereocenters. The van der Waals surface area contributed by atoms with Crippen molar-refractivity contribution in [1.82, 2.24) is 0 Å². The number of hydrogen-bond donors (Lipinski definition) is 0. The molecule has 4 aliphatic carbocycles. The van der Waals surface area contributed by atoms with Crippen LogP contribution in [0.25, 0.3) is 0 Å². The van der Waals surface area contributed by atoms with Crippen molar-refractivity contribution in [2.75, 3.05) is 7.11 Å². The quantitative estimate of drug-likeness (QED) is 0.205. The van der Waals surface area contributed by atoms with E-state index >= 15 is 0 Å². The molecule has 0 aliphatic heterocycles. The van der Waals surface area contributed by atoms with Crippen LogP contribution in [-0.2, 0) is 19.1 Å². The number of carbonyl (C=O) groups is 2. The molecule has 8 atom stereocenters. The largest absolute Gasteiger partial charge is 0.466 e. The first-order valence-electron chi connectivity index (χ1n) is 14.9. The minimum atomic E-state index is -0.370. The van der Waals surface area contributed by atoms with Crippen molar-refractivity contribution in [3.05, 3.63) is 23.3 Å². The van der Waals surface area contributed by atoms with Gasteiger partial charge in [0.05, 0.1) is 7.11 Å². The number of esters is 2. The van der Waals surface area contributed by atoms with Gasteiger partial charge in [0.2, 0.25) is 0 Å². The van der Waals surface area contributed by atoms with Gasteiger partial charge in [-0.1, -0.05) is 65.7 Å². The Hall–Kier alpha value is -1.58. The zero-order chi connectivity index (χ0) is 27.4. The number of ether oxygens (including phenoxy) is 2. The Bertz CT molecular complexity index is 975. The van der Waals surface area contributed by atoms with Crippen molar-refractivity contribution in [1.29, 1.82) is 0 Å². The summed E-state index contributed by atoms with van der Waals surface area (Å²) in [6.45, 7) is 19.1. The molecule has 4 nitrogen and oxygen atoms in total. The molecule has 0 aromatic heterocycles. The minimum Gasteiger partial charge on any atom is -0.466 e. The maximum absolute atomic E-state index is 12.0. The fraction of sp³-hybridized carbons (Fsp3) is 0.818. The highest BCUT2D eigenvalue weighted by atomic mass is 16.5. The third-order valence-corrected chi connectivity index (χ3v) is 12.7. The molecule has 2 fully saturated rings. The molecule has 208 valence electrons. The van der Waals surface area contributed by atoms with Gasteiger partial charge >= 0.3 is 11.9 Å². The maximum Gasteiger partial charge on any atom is 0.330 e. The molecule has 4 rings (SSSR count). The molecule has 0 bridgehead atoms. The lowest BCUT2D eigenvalue weighted by molar-refractivity contribution is -0.151. The van der Waals surface area contributed by atoms with Gasteiger partial charge in [-0.25, -0.2) is 4.79 Å². The third kappa shape index (κ3) is 4.42. The second kappa shape index (κ2) is 9.87. The summed E-state index contributed by atoms with van der Waals surface area (Å²) in [5.41, 5.74) is 4.77. The fourth-order valence-electron chi connectivity index (χ4n) is 9.96. The van der Waals surface area contributed by atoms with E-state index in [9.17, 15) is 9.59 Å². The zero-order valence-electron chi connectivity index (χ0n) is 25.0. The molecule has 0 spiro atoms. The summed E-state index contributed by atoms with van der Waals surface area (Å²) >= 11 is 0. The van der Waals surface area contributed by atoms with Crippen LogP contribution in [0, 0.1) is 45.3 Å². The van der Waals surface area contributed by atoms with E-state index in [0.29, 0.717) is 23.2 Å². The number of carbonyl (C=O) groups excluding carboxylic acids is 2. The topological polar surface area (TPSA) is 52.6 Å². The van der Waals surface area contributed by atoms with Gasteiger partial charge in [-0.2, -0.15) is 0 Å². The predicted molar refractivity (Wildman–Crippen MR) is 149 cm³/mol. The Kier molecular flexibility index (Phi) is 7.58.